The number of carboxylic acids is 1. The molecule has 11 heavy (non-hydrogen) atoms. The summed E-state index contributed by atoms with van der Waals surface area (Å²) >= 11 is 0. The average Bonchev–Trinajstić information content (AvgIpc) is 2.06. The van der Waals surface area contributed by atoms with E-state index in [9.17, 15) is 4.79 Å². The fourth-order valence-electron chi connectivity index (χ4n) is 2.28. The molecule has 2 aliphatic heterocycles. The van der Waals surface area contributed by atoms with Crippen LogP contribution in [0.3, 0.4) is 0 Å². The first kappa shape index (κ1) is 7.10. The van der Waals surface area contributed by atoms with Crippen LogP contribution < -0.4 is 5.32 Å². The van der Waals surface area contributed by atoms with E-state index in [1.807, 2.05) is 0 Å². The molecule has 2 heterocycles. The maximum Gasteiger partial charge on any atom is 0.306 e. The van der Waals surface area contributed by atoms with Gasteiger partial charge in [0.1, 0.15) is 0 Å². The summed E-state index contributed by atoms with van der Waals surface area (Å²) in [4.78, 5) is 10.7. The van der Waals surface area contributed by atoms with E-state index < -0.39 is 5.97 Å². The van der Waals surface area contributed by atoms with Gasteiger partial charge in [-0.3, -0.25) is 4.79 Å². The first-order valence-electron chi connectivity index (χ1n) is 4.23. The maximum atomic E-state index is 10.7. The Labute approximate surface area is 65.8 Å². The summed E-state index contributed by atoms with van der Waals surface area (Å²) in [6, 6.07) is 0.487. The van der Waals surface area contributed by atoms with Crippen LogP contribution in [0.2, 0.25) is 0 Å². The molecule has 0 aromatic rings. The Hall–Kier alpha value is -0.570. The monoisotopic (exact) mass is 155 g/mol. The molecule has 3 fully saturated rings. The lowest BCUT2D eigenvalue weighted by Gasteiger charge is -2.41. The fraction of sp³-hybridized carbons (Fsp3) is 0.875. The number of fused-ring (bicyclic) bond motifs is 3. The first-order valence-corrected chi connectivity index (χ1v) is 4.23. The Morgan fingerprint density at radius 1 is 1.45 bits per heavy atom. The molecule has 62 valence electrons. The highest BCUT2D eigenvalue weighted by Crippen LogP contribution is 2.34. The third-order valence-electron chi connectivity index (χ3n) is 2.98. The third kappa shape index (κ3) is 1.13. The fourth-order valence-corrected chi connectivity index (χ4v) is 2.28. The number of hydrogen-bond donors (Lipinski definition) is 2. The Balaban J connectivity index is 2.08. The van der Waals surface area contributed by atoms with Crippen LogP contribution in [-0.4, -0.2) is 23.7 Å². The van der Waals surface area contributed by atoms with E-state index in [-0.39, 0.29) is 5.92 Å². The Morgan fingerprint density at radius 2 is 2.27 bits per heavy atom. The summed E-state index contributed by atoms with van der Waals surface area (Å²) in [6.45, 7) is 0.918. The quantitative estimate of drug-likeness (QED) is 0.578. The number of piperidine rings is 2. The van der Waals surface area contributed by atoms with Crippen LogP contribution in [0, 0.1) is 11.8 Å². The average molecular weight is 155 g/mol. The predicted octanol–water partition coefficient (Wildman–Crippen LogP) is 0.459. The van der Waals surface area contributed by atoms with Crippen molar-refractivity contribution in [3.63, 3.8) is 0 Å². The van der Waals surface area contributed by atoms with E-state index in [2.05, 4.69) is 5.32 Å². The van der Waals surface area contributed by atoms with Crippen molar-refractivity contribution >= 4 is 5.97 Å². The molecule has 3 aliphatic rings. The molecular formula is C8H13NO2. The van der Waals surface area contributed by atoms with Crippen molar-refractivity contribution < 1.29 is 9.90 Å². The van der Waals surface area contributed by atoms with E-state index in [0.29, 0.717) is 12.0 Å². The van der Waals surface area contributed by atoms with Crippen LogP contribution in [0.15, 0.2) is 0 Å². The smallest absolute Gasteiger partial charge is 0.306 e. The zero-order valence-electron chi connectivity index (χ0n) is 6.42. The molecule has 3 nitrogen and oxygen atoms in total. The van der Waals surface area contributed by atoms with Gasteiger partial charge < -0.3 is 10.4 Å². The van der Waals surface area contributed by atoms with Crippen molar-refractivity contribution in [2.45, 2.75) is 25.3 Å². The summed E-state index contributed by atoms with van der Waals surface area (Å²) in [5, 5.41) is 12.2. The lowest BCUT2D eigenvalue weighted by molar-refractivity contribution is -0.146. The van der Waals surface area contributed by atoms with E-state index in [1.165, 1.54) is 6.42 Å². The van der Waals surface area contributed by atoms with Crippen LogP contribution in [-0.2, 0) is 4.79 Å². The van der Waals surface area contributed by atoms with Gasteiger partial charge in [0, 0.05) is 6.04 Å². The van der Waals surface area contributed by atoms with Crippen molar-refractivity contribution in [1.82, 2.24) is 5.32 Å². The second-order valence-corrected chi connectivity index (χ2v) is 3.62. The zero-order valence-corrected chi connectivity index (χ0v) is 6.42. The summed E-state index contributed by atoms with van der Waals surface area (Å²) in [7, 11) is 0. The maximum absolute atomic E-state index is 10.7. The Kier molecular flexibility index (Phi) is 1.60. The number of carboxylic acid groups (broad SMARTS) is 1. The highest BCUT2D eigenvalue weighted by atomic mass is 16.4. The van der Waals surface area contributed by atoms with Crippen LogP contribution >= 0.6 is 0 Å². The lowest BCUT2D eigenvalue weighted by Crippen LogP contribution is -2.51. The second-order valence-electron chi connectivity index (χ2n) is 3.62. The van der Waals surface area contributed by atoms with Crippen LogP contribution in [0.25, 0.3) is 0 Å². The molecule has 1 aliphatic carbocycles. The number of aliphatic carboxylic acids is 1. The summed E-state index contributed by atoms with van der Waals surface area (Å²) < 4.78 is 0. The number of carbonyl (C=O) groups is 1. The summed E-state index contributed by atoms with van der Waals surface area (Å²) in [6.07, 6.45) is 3.13. The van der Waals surface area contributed by atoms with Gasteiger partial charge in [-0.15, -0.1) is 0 Å². The van der Waals surface area contributed by atoms with Crippen molar-refractivity contribution in [1.29, 1.82) is 0 Å². The Morgan fingerprint density at radius 3 is 2.55 bits per heavy atom. The number of nitrogens with one attached hydrogen (secondary N) is 1. The minimum absolute atomic E-state index is 0.0602. The molecule has 0 aromatic heterocycles. The first-order chi connectivity index (χ1) is 5.27. The van der Waals surface area contributed by atoms with Gasteiger partial charge in [-0.25, -0.2) is 0 Å². The largest absolute Gasteiger partial charge is 0.481 e. The van der Waals surface area contributed by atoms with Gasteiger partial charge in [0.15, 0.2) is 0 Å². The third-order valence-corrected chi connectivity index (χ3v) is 2.98. The zero-order chi connectivity index (χ0) is 7.84. The van der Waals surface area contributed by atoms with Crippen molar-refractivity contribution in [2.75, 3.05) is 6.54 Å². The SMILES string of the molecule is O=C(O)C1CC2CCC1CN2. The van der Waals surface area contributed by atoms with Gasteiger partial charge in [-0.2, -0.15) is 0 Å². The predicted molar refractivity (Wildman–Crippen MR) is 40.3 cm³/mol. The van der Waals surface area contributed by atoms with E-state index >= 15 is 0 Å². The molecule has 2 N–H and O–H groups in total. The molecule has 2 saturated heterocycles. The normalized spacial score (nSPS) is 42.4. The molecular weight excluding hydrogens is 142 g/mol. The van der Waals surface area contributed by atoms with E-state index in [0.717, 1.165) is 19.4 Å². The van der Waals surface area contributed by atoms with Gasteiger partial charge >= 0.3 is 5.97 Å². The molecule has 0 amide bonds. The number of rotatable bonds is 1. The highest BCUT2D eigenvalue weighted by Gasteiger charge is 2.38. The molecule has 3 heteroatoms. The van der Waals surface area contributed by atoms with Crippen molar-refractivity contribution in [3.8, 4) is 0 Å². The topological polar surface area (TPSA) is 49.3 Å². The second kappa shape index (κ2) is 2.48. The lowest BCUT2D eigenvalue weighted by atomic mass is 9.73. The highest BCUT2D eigenvalue weighted by molar-refractivity contribution is 5.70. The van der Waals surface area contributed by atoms with Crippen molar-refractivity contribution in [3.05, 3.63) is 0 Å². The minimum Gasteiger partial charge on any atom is -0.481 e. The molecule has 3 rings (SSSR count). The Bertz CT molecular complexity index is 173. The number of hydrogen-bond acceptors (Lipinski definition) is 2. The molecule has 1 saturated carbocycles. The minimum atomic E-state index is -0.596. The molecule has 0 aromatic carbocycles. The van der Waals surface area contributed by atoms with Crippen LogP contribution in [0.4, 0.5) is 0 Å². The van der Waals surface area contributed by atoms with Gasteiger partial charge in [-0.1, -0.05) is 0 Å². The van der Waals surface area contributed by atoms with E-state index in [1.54, 1.807) is 0 Å². The standard InChI is InChI=1S/C8H13NO2/c10-8(11)7-3-6-2-1-5(7)4-9-6/h5-7,9H,1-4H2,(H,10,11). The van der Waals surface area contributed by atoms with Crippen molar-refractivity contribution in [2.24, 2.45) is 11.8 Å². The van der Waals surface area contributed by atoms with Crippen LogP contribution in [0.5, 0.6) is 0 Å². The molecule has 0 radical (unpaired) electrons. The van der Waals surface area contributed by atoms with Crippen LogP contribution in [0.1, 0.15) is 19.3 Å². The molecule has 3 unspecified atom stereocenters. The molecule has 0 spiro atoms. The molecule has 3 atom stereocenters. The van der Waals surface area contributed by atoms with Gasteiger partial charge in [-0.05, 0) is 31.7 Å². The summed E-state index contributed by atoms with van der Waals surface area (Å²) in [5.74, 6) is -0.256. The molecule has 2 bridgehead atoms. The van der Waals surface area contributed by atoms with Gasteiger partial charge in [0.05, 0.1) is 5.92 Å². The van der Waals surface area contributed by atoms with Gasteiger partial charge in [0.25, 0.3) is 0 Å². The summed E-state index contributed by atoms with van der Waals surface area (Å²) in [5.41, 5.74) is 0. The van der Waals surface area contributed by atoms with E-state index in [4.69, 9.17) is 5.11 Å². The van der Waals surface area contributed by atoms with Gasteiger partial charge in [0.2, 0.25) is 0 Å².